The molecule has 0 aliphatic carbocycles. The maximum absolute atomic E-state index is 12.8. The number of thiazole rings is 1. The first-order valence-corrected chi connectivity index (χ1v) is 9.16. The van der Waals surface area contributed by atoms with Crippen LogP contribution >= 0.6 is 11.3 Å². The number of aryl methyl sites for hydroxylation is 1. The van der Waals surface area contributed by atoms with Gasteiger partial charge >= 0.3 is 0 Å². The van der Waals surface area contributed by atoms with Crippen molar-refractivity contribution in [2.45, 2.75) is 25.4 Å². The zero-order valence-electron chi connectivity index (χ0n) is 13.6. The molecule has 5 rings (SSSR count). The molecule has 3 aliphatic heterocycles. The minimum Gasteiger partial charge on any atom is -0.347 e. The summed E-state index contributed by atoms with van der Waals surface area (Å²) in [7, 11) is 1.87. The van der Waals surface area contributed by atoms with Crippen molar-refractivity contribution in [2.24, 2.45) is 13.0 Å². The molecule has 2 aromatic heterocycles. The number of piperidine rings is 1. The molecule has 2 aromatic rings. The summed E-state index contributed by atoms with van der Waals surface area (Å²) >= 11 is 1.54. The van der Waals surface area contributed by atoms with Crippen LogP contribution in [0.2, 0.25) is 0 Å². The summed E-state index contributed by atoms with van der Waals surface area (Å²) in [6.07, 6.45) is 3.70. The lowest BCUT2D eigenvalue weighted by molar-refractivity contribution is -0.140. The van der Waals surface area contributed by atoms with E-state index in [2.05, 4.69) is 4.98 Å². The van der Waals surface area contributed by atoms with E-state index in [-0.39, 0.29) is 23.8 Å². The Balaban J connectivity index is 1.57. The highest BCUT2D eigenvalue weighted by atomic mass is 32.1. The van der Waals surface area contributed by atoms with Gasteiger partial charge in [0.1, 0.15) is 5.69 Å². The maximum Gasteiger partial charge on any atom is 0.270 e. The molecular weight excluding hydrogens is 324 g/mol. The maximum atomic E-state index is 12.8. The van der Waals surface area contributed by atoms with Gasteiger partial charge in [-0.25, -0.2) is 4.98 Å². The quantitative estimate of drug-likeness (QED) is 0.852. The van der Waals surface area contributed by atoms with Gasteiger partial charge in [0, 0.05) is 37.8 Å². The number of amides is 2. The first-order chi connectivity index (χ1) is 11.6. The lowest BCUT2D eigenvalue weighted by atomic mass is 9.94. The van der Waals surface area contributed by atoms with Crippen molar-refractivity contribution in [2.75, 3.05) is 13.1 Å². The number of rotatable bonds is 3. The fourth-order valence-corrected chi connectivity index (χ4v) is 4.30. The van der Waals surface area contributed by atoms with E-state index in [1.54, 1.807) is 16.8 Å². The minimum absolute atomic E-state index is 0.0164. The number of nitrogens with zero attached hydrogens (tertiary/aromatic N) is 4. The van der Waals surface area contributed by atoms with Gasteiger partial charge in [0.25, 0.3) is 5.91 Å². The summed E-state index contributed by atoms with van der Waals surface area (Å²) in [5.41, 5.74) is 3.40. The van der Waals surface area contributed by atoms with Crippen molar-refractivity contribution in [3.8, 4) is 0 Å². The number of carbonyl (C=O) groups is 2. The lowest BCUT2D eigenvalue weighted by Gasteiger charge is -2.35. The van der Waals surface area contributed by atoms with Crippen LogP contribution in [-0.2, 0) is 18.4 Å². The molecule has 2 bridgehead atoms. The molecule has 7 heteroatoms. The van der Waals surface area contributed by atoms with Crippen LogP contribution in [0.5, 0.6) is 0 Å². The van der Waals surface area contributed by atoms with Gasteiger partial charge in [-0.15, -0.1) is 11.3 Å². The highest BCUT2D eigenvalue weighted by molar-refractivity contribution is 7.07. The zero-order valence-corrected chi connectivity index (χ0v) is 14.4. The fraction of sp³-hybridized carbons (Fsp3) is 0.471. The van der Waals surface area contributed by atoms with Crippen molar-refractivity contribution < 1.29 is 9.59 Å². The molecule has 2 atom stereocenters. The molecule has 0 unspecified atom stereocenters. The van der Waals surface area contributed by atoms with Gasteiger partial charge in [0.2, 0.25) is 5.91 Å². The highest BCUT2D eigenvalue weighted by Gasteiger charge is 2.42. The molecule has 0 N–H and O–H groups in total. The molecule has 0 spiro atoms. The summed E-state index contributed by atoms with van der Waals surface area (Å²) in [6.45, 7) is 1.68. The molecule has 3 aliphatic rings. The van der Waals surface area contributed by atoms with Crippen LogP contribution in [-0.4, -0.2) is 50.3 Å². The average Bonchev–Trinajstić information content (AvgIpc) is 3.15. The van der Waals surface area contributed by atoms with E-state index in [0.717, 1.165) is 18.5 Å². The summed E-state index contributed by atoms with van der Waals surface area (Å²) in [6, 6.07) is 3.80. The van der Waals surface area contributed by atoms with Gasteiger partial charge in [0.05, 0.1) is 23.7 Å². The Morgan fingerprint density at radius 2 is 2.25 bits per heavy atom. The number of carbonyl (C=O) groups excluding carboxylic acids is 2. The predicted octanol–water partition coefficient (Wildman–Crippen LogP) is 1.74. The first kappa shape index (κ1) is 15.4. The Morgan fingerprint density at radius 1 is 1.38 bits per heavy atom. The standard InChI is InChI=1S/C17H20N4O2S/c1-19-6-2-3-15(19)17(23)20-7-12-4-5-14(9-20)21(16(12)22)8-13-10-24-11-18-13/h2-3,6,10-12,14H,4-5,7-9H2,1H3/t12-,14+/m0/s1. The van der Waals surface area contributed by atoms with E-state index < -0.39 is 0 Å². The Labute approximate surface area is 144 Å². The van der Waals surface area contributed by atoms with Crippen LogP contribution in [0.4, 0.5) is 0 Å². The number of fused-ring (bicyclic) bond motifs is 4. The van der Waals surface area contributed by atoms with Gasteiger partial charge in [-0.2, -0.15) is 0 Å². The van der Waals surface area contributed by atoms with Gasteiger partial charge in [0.15, 0.2) is 0 Å². The largest absolute Gasteiger partial charge is 0.347 e. The molecule has 5 heterocycles. The van der Waals surface area contributed by atoms with E-state index in [1.807, 2.05) is 45.1 Å². The second kappa shape index (κ2) is 6.05. The Morgan fingerprint density at radius 3 is 2.96 bits per heavy atom. The van der Waals surface area contributed by atoms with Gasteiger partial charge in [-0.05, 0) is 25.0 Å². The Kier molecular flexibility index (Phi) is 3.88. The van der Waals surface area contributed by atoms with E-state index in [4.69, 9.17) is 0 Å². The third kappa shape index (κ3) is 2.62. The first-order valence-electron chi connectivity index (χ1n) is 8.21. The summed E-state index contributed by atoms with van der Waals surface area (Å²) < 4.78 is 1.84. The molecule has 0 saturated carbocycles. The summed E-state index contributed by atoms with van der Waals surface area (Å²) in [5, 5.41) is 1.98. The van der Waals surface area contributed by atoms with Crippen LogP contribution in [0.25, 0.3) is 0 Å². The van der Waals surface area contributed by atoms with E-state index in [9.17, 15) is 9.59 Å². The Hall–Kier alpha value is -2.15. The minimum atomic E-state index is -0.0911. The van der Waals surface area contributed by atoms with Crippen LogP contribution in [0.1, 0.15) is 29.0 Å². The predicted molar refractivity (Wildman–Crippen MR) is 90.5 cm³/mol. The highest BCUT2D eigenvalue weighted by Crippen LogP contribution is 2.31. The second-order valence-electron chi connectivity index (χ2n) is 6.59. The Bertz CT molecular complexity index is 754. The molecule has 3 saturated heterocycles. The van der Waals surface area contributed by atoms with Crippen molar-refractivity contribution >= 4 is 23.2 Å². The normalized spacial score (nSPS) is 23.6. The molecule has 24 heavy (non-hydrogen) atoms. The number of hydrogen-bond acceptors (Lipinski definition) is 4. The molecule has 0 aromatic carbocycles. The third-order valence-corrected chi connectivity index (χ3v) is 5.69. The summed E-state index contributed by atoms with van der Waals surface area (Å²) in [4.78, 5) is 33.8. The smallest absolute Gasteiger partial charge is 0.270 e. The van der Waals surface area contributed by atoms with Crippen molar-refractivity contribution in [3.05, 3.63) is 40.6 Å². The van der Waals surface area contributed by atoms with Crippen molar-refractivity contribution in [1.29, 1.82) is 0 Å². The molecular formula is C17H20N4O2S. The van der Waals surface area contributed by atoms with Gasteiger partial charge < -0.3 is 14.4 Å². The van der Waals surface area contributed by atoms with Crippen LogP contribution in [0, 0.1) is 5.92 Å². The molecule has 3 fully saturated rings. The molecule has 126 valence electrons. The number of aromatic nitrogens is 2. The summed E-state index contributed by atoms with van der Waals surface area (Å²) in [5.74, 6) is 0.0933. The van der Waals surface area contributed by atoms with Gasteiger partial charge in [-0.3, -0.25) is 9.59 Å². The van der Waals surface area contributed by atoms with E-state index in [0.29, 0.717) is 25.3 Å². The van der Waals surface area contributed by atoms with Crippen molar-refractivity contribution in [3.63, 3.8) is 0 Å². The topological polar surface area (TPSA) is 58.4 Å². The van der Waals surface area contributed by atoms with Crippen molar-refractivity contribution in [1.82, 2.24) is 19.4 Å². The van der Waals surface area contributed by atoms with Crippen LogP contribution in [0.3, 0.4) is 0 Å². The van der Waals surface area contributed by atoms with E-state index >= 15 is 0 Å². The average molecular weight is 344 g/mol. The van der Waals surface area contributed by atoms with Crippen LogP contribution in [0.15, 0.2) is 29.2 Å². The van der Waals surface area contributed by atoms with Crippen LogP contribution < -0.4 is 0 Å². The zero-order chi connectivity index (χ0) is 16.7. The SMILES string of the molecule is Cn1cccc1C(=O)N1C[C@@H]2CC[C@H](C1)N(Cc1cscn1)C2=O. The molecule has 0 radical (unpaired) electrons. The van der Waals surface area contributed by atoms with E-state index in [1.165, 1.54) is 0 Å². The second-order valence-corrected chi connectivity index (χ2v) is 7.31. The number of hydrogen-bond donors (Lipinski definition) is 0. The van der Waals surface area contributed by atoms with Gasteiger partial charge in [-0.1, -0.05) is 0 Å². The molecule has 2 amide bonds. The molecule has 6 nitrogen and oxygen atoms in total. The fourth-order valence-electron chi connectivity index (χ4n) is 3.75. The third-order valence-electron chi connectivity index (χ3n) is 5.06. The lowest BCUT2D eigenvalue weighted by Crippen LogP contribution is -2.47. The monoisotopic (exact) mass is 344 g/mol.